The number of nitriles is 1. The molecule has 0 N–H and O–H groups in total. The molecule has 2 aromatic heterocycles. The van der Waals surface area contributed by atoms with Crippen molar-refractivity contribution in [3.8, 4) is 17.6 Å². The summed E-state index contributed by atoms with van der Waals surface area (Å²) in [4.78, 5) is -0.539. The van der Waals surface area contributed by atoms with E-state index in [4.69, 9.17) is 23.2 Å². The van der Waals surface area contributed by atoms with Crippen LogP contribution >= 0.6 is 35.0 Å². The number of thioether (sulfide) groups is 1. The summed E-state index contributed by atoms with van der Waals surface area (Å²) in [6, 6.07) is 5.95. The van der Waals surface area contributed by atoms with E-state index in [-0.39, 0.29) is 11.5 Å². The summed E-state index contributed by atoms with van der Waals surface area (Å²) in [6.07, 6.45) is -2.02. The van der Waals surface area contributed by atoms with E-state index in [2.05, 4.69) is 5.10 Å². The van der Waals surface area contributed by atoms with Crippen LogP contribution in [0.4, 0.5) is 26.3 Å². The zero-order chi connectivity index (χ0) is 21.6. The smallest absolute Gasteiger partial charge is 0.308 e. The Morgan fingerprint density at radius 2 is 1.62 bits per heavy atom. The molecule has 4 nitrogen and oxygen atoms in total. The van der Waals surface area contributed by atoms with Crippen molar-refractivity contribution in [1.29, 1.82) is 5.26 Å². The first kappa shape index (κ1) is 21.4. The Labute approximate surface area is 173 Å². The topological polar surface area (TPSA) is 46.5 Å². The molecule has 0 unspecified atom stereocenters. The number of hydrogen-bond acceptors (Lipinski definition) is 3. The molecule has 0 aliphatic rings. The lowest BCUT2D eigenvalue weighted by Gasteiger charge is -2.15. The third kappa shape index (κ3) is 4.34. The average Bonchev–Trinajstić information content (AvgIpc) is 3.21. The molecule has 29 heavy (non-hydrogen) atoms. The SMILES string of the molecule is N#Cc1nn(-c2cc(Cl)c(C(F)(F)F)cc2Cl)c(-n2cccc2)c1SC(F)(F)F. The summed E-state index contributed by atoms with van der Waals surface area (Å²) < 4.78 is 80.3. The zero-order valence-corrected chi connectivity index (χ0v) is 16.0. The van der Waals surface area contributed by atoms with Gasteiger partial charge in [0, 0.05) is 12.4 Å². The molecule has 0 amide bonds. The highest BCUT2D eigenvalue weighted by atomic mass is 35.5. The van der Waals surface area contributed by atoms with Gasteiger partial charge in [0.2, 0.25) is 0 Å². The number of alkyl halides is 6. The van der Waals surface area contributed by atoms with E-state index in [9.17, 15) is 31.6 Å². The largest absolute Gasteiger partial charge is 0.446 e. The van der Waals surface area contributed by atoms with Gasteiger partial charge in [0.05, 0.1) is 26.2 Å². The second-order valence-electron chi connectivity index (χ2n) is 5.44. The number of benzene rings is 1. The fraction of sp³-hybridized carbons (Fsp3) is 0.125. The molecule has 3 aromatic rings. The van der Waals surface area contributed by atoms with Gasteiger partial charge in [-0.25, -0.2) is 4.68 Å². The van der Waals surface area contributed by atoms with E-state index in [1.807, 2.05) is 0 Å². The van der Waals surface area contributed by atoms with Crippen LogP contribution < -0.4 is 0 Å². The monoisotopic (exact) mass is 470 g/mol. The van der Waals surface area contributed by atoms with Crippen molar-refractivity contribution in [2.45, 2.75) is 16.6 Å². The first-order valence-electron chi connectivity index (χ1n) is 7.41. The Balaban J connectivity index is 2.31. The predicted molar refractivity (Wildman–Crippen MR) is 94.5 cm³/mol. The van der Waals surface area contributed by atoms with Gasteiger partial charge in [0.15, 0.2) is 11.5 Å². The van der Waals surface area contributed by atoms with Crippen molar-refractivity contribution in [2.75, 3.05) is 0 Å². The summed E-state index contributed by atoms with van der Waals surface area (Å²) in [6.45, 7) is 0. The van der Waals surface area contributed by atoms with Crippen molar-refractivity contribution >= 4 is 35.0 Å². The van der Waals surface area contributed by atoms with Crippen LogP contribution in [0.1, 0.15) is 11.3 Å². The van der Waals surface area contributed by atoms with Gasteiger partial charge in [-0.1, -0.05) is 23.2 Å². The first-order valence-corrected chi connectivity index (χ1v) is 8.98. The number of nitrogens with zero attached hydrogens (tertiary/aromatic N) is 4. The van der Waals surface area contributed by atoms with Crippen molar-refractivity contribution in [2.24, 2.45) is 0 Å². The van der Waals surface area contributed by atoms with Crippen LogP contribution in [0.3, 0.4) is 0 Å². The molecule has 152 valence electrons. The lowest BCUT2D eigenvalue weighted by Crippen LogP contribution is -2.10. The third-order valence-electron chi connectivity index (χ3n) is 3.56. The Kier molecular flexibility index (Phi) is 5.55. The molecule has 1 aromatic carbocycles. The Bertz CT molecular complexity index is 1100. The average molecular weight is 471 g/mol. The Hall–Kier alpha value is -2.29. The fourth-order valence-corrected chi connectivity index (χ4v) is 3.67. The van der Waals surface area contributed by atoms with Gasteiger partial charge < -0.3 is 4.57 Å². The van der Waals surface area contributed by atoms with Gasteiger partial charge >= 0.3 is 11.7 Å². The van der Waals surface area contributed by atoms with Gasteiger partial charge in [0.25, 0.3) is 0 Å². The van der Waals surface area contributed by atoms with Crippen LogP contribution in [0, 0.1) is 11.3 Å². The minimum absolute atomic E-state index is 0.223. The number of aromatic nitrogens is 3. The van der Waals surface area contributed by atoms with E-state index in [0.717, 1.165) is 10.7 Å². The highest BCUT2D eigenvalue weighted by molar-refractivity contribution is 8.00. The van der Waals surface area contributed by atoms with Crippen molar-refractivity contribution in [1.82, 2.24) is 14.3 Å². The molecule has 0 radical (unpaired) electrons. The molecule has 13 heteroatoms. The van der Waals surface area contributed by atoms with E-state index >= 15 is 0 Å². The van der Waals surface area contributed by atoms with E-state index in [0.29, 0.717) is 6.07 Å². The highest BCUT2D eigenvalue weighted by Gasteiger charge is 2.37. The van der Waals surface area contributed by atoms with Crippen molar-refractivity contribution in [3.63, 3.8) is 0 Å². The molecule has 0 atom stereocenters. The third-order valence-corrected chi connectivity index (χ3v) is 4.99. The van der Waals surface area contributed by atoms with Crippen LogP contribution in [-0.2, 0) is 6.18 Å². The Morgan fingerprint density at radius 1 is 1.00 bits per heavy atom. The second kappa shape index (κ2) is 7.51. The summed E-state index contributed by atoms with van der Waals surface area (Å²) in [7, 11) is 0. The lowest BCUT2D eigenvalue weighted by atomic mass is 10.2. The van der Waals surface area contributed by atoms with Gasteiger partial charge in [-0.05, 0) is 36.0 Å². The summed E-state index contributed by atoms with van der Waals surface area (Å²) in [5.74, 6) is -0.230. The maximum absolute atomic E-state index is 13.1. The molecular weight excluding hydrogens is 465 g/mol. The summed E-state index contributed by atoms with van der Waals surface area (Å²) in [5, 5.41) is 11.9. The lowest BCUT2D eigenvalue weighted by molar-refractivity contribution is -0.137. The normalized spacial score (nSPS) is 12.2. The van der Waals surface area contributed by atoms with Gasteiger partial charge in [-0.15, -0.1) is 0 Å². The van der Waals surface area contributed by atoms with Crippen LogP contribution in [0.15, 0.2) is 41.6 Å². The minimum atomic E-state index is -4.79. The standard InChI is InChI=1S/C16H6Cl2F6N4S/c17-9-6-12(10(18)5-8(9)15(19,20)21)28-14(27-3-1-2-4-27)13(11(7-25)26-28)29-16(22,23)24/h1-6H. The van der Waals surface area contributed by atoms with Gasteiger partial charge in [-0.3, -0.25) is 0 Å². The molecule has 3 rings (SSSR count). The molecule has 0 saturated carbocycles. The van der Waals surface area contributed by atoms with Crippen LogP contribution in [0.5, 0.6) is 0 Å². The molecule has 0 aliphatic heterocycles. The Morgan fingerprint density at radius 3 is 2.14 bits per heavy atom. The van der Waals surface area contributed by atoms with Crippen LogP contribution in [0.2, 0.25) is 10.0 Å². The minimum Gasteiger partial charge on any atom is -0.308 e. The van der Waals surface area contributed by atoms with Crippen LogP contribution in [0.25, 0.3) is 11.5 Å². The molecule has 0 saturated heterocycles. The quantitative estimate of drug-likeness (QED) is 0.325. The number of hydrogen-bond donors (Lipinski definition) is 0. The second-order valence-corrected chi connectivity index (χ2v) is 7.33. The summed E-state index contributed by atoms with van der Waals surface area (Å²) in [5.41, 5.74) is -6.77. The molecular formula is C16H6Cl2F6N4S. The van der Waals surface area contributed by atoms with Crippen molar-refractivity contribution < 1.29 is 26.3 Å². The molecule has 2 heterocycles. The zero-order valence-electron chi connectivity index (χ0n) is 13.7. The molecule has 0 aliphatic carbocycles. The van der Waals surface area contributed by atoms with E-state index in [1.165, 1.54) is 29.1 Å². The molecule has 0 spiro atoms. The molecule has 0 fully saturated rings. The number of halogens is 8. The summed E-state index contributed by atoms with van der Waals surface area (Å²) >= 11 is 11.1. The fourth-order valence-electron chi connectivity index (χ4n) is 2.46. The predicted octanol–water partition coefficient (Wildman–Crippen LogP) is 6.47. The van der Waals surface area contributed by atoms with Crippen molar-refractivity contribution in [3.05, 3.63) is 58.0 Å². The van der Waals surface area contributed by atoms with Crippen LogP contribution in [-0.4, -0.2) is 19.9 Å². The first-order chi connectivity index (χ1) is 13.4. The number of rotatable bonds is 3. The molecule has 0 bridgehead atoms. The maximum atomic E-state index is 13.1. The van der Waals surface area contributed by atoms with Gasteiger partial charge in [-0.2, -0.15) is 36.7 Å². The maximum Gasteiger partial charge on any atom is 0.446 e. The highest BCUT2D eigenvalue weighted by Crippen LogP contribution is 2.44. The van der Waals surface area contributed by atoms with E-state index in [1.54, 1.807) is 6.07 Å². The van der Waals surface area contributed by atoms with Gasteiger partial charge in [0.1, 0.15) is 6.07 Å². The van der Waals surface area contributed by atoms with E-state index < -0.39 is 49.6 Å².